The topological polar surface area (TPSA) is 78.5 Å². The van der Waals surface area contributed by atoms with Gasteiger partial charge in [-0.2, -0.15) is 0 Å². The molecule has 0 radical (unpaired) electrons. The summed E-state index contributed by atoms with van der Waals surface area (Å²) < 4.78 is 13.0. The summed E-state index contributed by atoms with van der Waals surface area (Å²) in [5.74, 6) is -1.45. The molecule has 146 valence electrons. The van der Waals surface area contributed by atoms with Gasteiger partial charge in [0.1, 0.15) is 17.9 Å². The van der Waals surface area contributed by atoms with Gasteiger partial charge < -0.3 is 10.6 Å². The van der Waals surface area contributed by atoms with Crippen molar-refractivity contribution < 1.29 is 18.8 Å². The molecule has 2 atom stereocenters. The van der Waals surface area contributed by atoms with Gasteiger partial charge in [-0.25, -0.2) is 9.18 Å². The summed E-state index contributed by atoms with van der Waals surface area (Å²) in [7, 11) is 0. The van der Waals surface area contributed by atoms with Crippen LogP contribution in [0.5, 0.6) is 0 Å². The fourth-order valence-corrected chi connectivity index (χ4v) is 3.48. The predicted molar refractivity (Wildman–Crippen MR) is 102 cm³/mol. The van der Waals surface area contributed by atoms with Crippen LogP contribution in [0, 0.1) is 5.82 Å². The normalized spacial score (nSPS) is 20.1. The number of nitrogens with one attached hydrogen (secondary N) is 2. The summed E-state index contributed by atoms with van der Waals surface area (Å²) in [6.07, 6.45) is 0. The fourth-order valence-electron chi connectivity index (χ4n) is 3.16. The number of urea groups is 1. The highest BCUT2D eigenvalue weighted by atomic mass is 35.5. The van der Waals surface area contributed by atoms with Crippen LogP contribution in [0.2, 0.25) is 5.02 Å². The summed E-state index contributed by atoms with van der Waals surface area (Å²) in [5, 5.41) is 5.66. The Morgan fingerprint density at radius 3 is 2.50 bits per heavy atom. The molecule has 3 rings (SSSR count). The van der Waals surface area contributed by atoms with E-state index in [0.29, 0.717) is 16.1 Å². The molecule has 1 aliphatic rings. The Hall–Kier alpha value is -2.93. The first-order valence-electron chi connectivity index (χ1n) is 8.66. The number of hydrogen-bond donors (Lipinski definition) is 2. The first-order valence-corrected chi connectivity index (χ1v) is 9.04. The van der Waals surface area contributed by atoms with Crippen molar-refractivity contribution in [3.8, 4) is 0 Å². The zero-order valence-corrected chi connectivity index (χ0v) is 16.1. The van der Waals surface area contributed by atoms with Gasteiger partial charge in [0, 0.05) is 10.6 Å². The Balaban J connectivity index is 1.71. The van der Waals surface area contributed by atoms with Crippen LogP contribution < -0.4 is 10.6 Å². The molecule has 1 heterocycles. The predicted octanol–water partition coefficient (Wildman–Crippen LogP) is 3.12. The molecule has 1 fully saturated rings. The zero-order valence-electron chi connectivity index (χ0n) is 15.3. The van der Waals surface area contributed by atoms with Gasteiger partial charge in [-0.1, -0.05) is 41.9 Å². The summed E-state index contributed by atoms with van der Waals surface area (Å²) in [4.78, 5) is 38.5. The highest BCUT2D eigenvalue weighted by Crippen LogP contribution is 2.33. The molecular weight excluding hydrogens is 385 g/mol. The van der Waals surface area contributed by atoms with Crippen LogP contribution in [0.4, 0.5) is 9.18 Å². The van der Waals surface area contributed by atoms with Gasteiger partial charge in [-0.05, 0) is 37.6 Å². The number of hydrogen-bond acceptors (Lipinski definition) is 3. The first kappa shape index (κ1) is 19.8. The summed E-state index contributed by atoms with van der Waals surface area (Å²) >= 11 is 6.18. The molecule has 6 nitrogen and oxygen atoms in total. The van der Waals surface area contributed by atoms with E-state index in [-0.39, 0.29) is 5.82 Å². The molecule has 0 aliphatic carbocycles. The molecule has 0 unspecified atom stereocenters. The molecule has 0 bridgehead atoms. The lowest BCUT2D eigenvalue weighted by molar-refractivity contribution is -0.135. The molecule has 0 aromatic heterocycles. The zero-order chi connectivity index (χ0) is 20.5. The monoisotopic (exact) mass is 403 g/mol. The minimum atomic E-state index is -1.35. The molecule has 1 saturated heterocycles. The van der Waals surface area contributed by atoms with E-state index in [1.165, 1.54) is 12.1 Å². The van der Waals surface area contributed by atoms with Crippen LogP contribution in [0.1, 0.15) is 31.0 Å². The smallest absolute Gasteiger partial charge is 0.325 e. The Morgan fingerprint density at radius 2 is 1.86 bits per heavy atom. The molecule has 2 aromatic rings. The lowest BCUT2D eigenvalue weighted by Crippen LogP contribution is -2.43. The third-order valence-electron chi connectivity index (χ3n) is 4.74. The SMILES string of the molecule is C[C@@H](NC(=O)CN1C(=O)N[C@@](C)(c2ccccc2Cl)C1=O)c1ccc(F)cc1. The van der Waals surface area contributed by atoms with E-state index in [4.69, 9.17) is 11.6 Å². The van der Waals surface area contributed by atoms with Gasteiger partial charge in [0.2, 0.25) is 5.91 Å². The number of carbonyl (C=O) groups is 3. The van der Waals surface area contributed by atoms with Crippen molar-refractivity contribution in [1.82, 2.24) is 15.5 Å². The average molecular weight is 404 g/mol. The molecular formula is C20H19ClFN3O3. The van der Waals surface area contributed by atoms with Crippen LogP contribution in [-0.2, 0) is 15.1 Å². The summed E-state index contributed by atoms with van der Waals surface area (Å²) in [6.45, 7) is 2.84. The maximum atomic E-state index is 13.0. The Labute approximate surface area is 166 Å². The van der Waals surface area contributed by atoms with E-state index in [1.54, 1.807) is 50.2 Å². The second-order valence-electron chi connectivity index (χ2n) is 6.77. The van der Waals surface area contributed by atoms with Crippen LogP contribution in [-0.4, -0.2) is 29.3 Å². The van der Waals surface area contributed by atoms with E-state index < -0.39 is 36.0 Å². The van der Waals surface area contributed by atoms with Crippen LogP contribution >= 0.6 is 11.6 Å². The molecule has 8 heteroatoms. The van der Waals surface area contributed by atoms with Crippen molar-refractivity contribution in [3.05, 3.63) is 70.5 Å². The lowest BCUT2D eigenvalue weighted by Gasteiger charge is -2.23. The number of rotatable bonds is 5. The standard InChI is InChI=1S/C20H19ClFN3O3/c1-12(13-7-9-14(22)10-8-13)23-17(26)11-25-18(27)20(2,24-19(25)28)15-5-3-4-6-16(15)21/h3-10,12H,11H2,1-2H3,(H,23,26)(H,24,28)/t12-,20+/m1/s1. The Morgan fingerprint density at radius 1 is 1.21 bits per heavy atom. The van der Waals surface area contributed by atoms with Gasteiger partial charge in [0.25, 0.3) is 5.91 Å². The van der Waals surface area contributed by atoms with Crippen LogP contribution in [0.25, 0.3) is 0 Å². The van der Waals surface area contributed by atoms with Gasteiger partial charge in [0.15, 0.2) is 0 Å². The summed E-state index contributed by atoms with van der Waals surface area (Å²) in [5.41, 5.74) is -0.191. The molecule has 0 spiro atoms. The van der Waals surface area contributed by atoms with Crippen molar-refractivity contribution in [2.75, 3.05) is 6.54 Å². The van der Waals surface area contributed by atoms with Crippen LogP contribution in [0.3, 0.4) is 0 Å². The second-order valence-corrected chi connectivity index (χ2v) is 7.17. The maximum Gasteiger partial charge on any atom is 0.325 e. The van der Waals surface area contributed by atoms with Crippen molar-refractivity contribution in [1.29, 1.82) is 0 Å². The first-order chi connectivity index (χ1) is 13.2. The highest BCUT2D eigenvalue weighted by molar-refractivity contribution is 6.32. The second kappa shape index (κ2) is 7.59. The van der Waals surface area contributed by atoms with E-state index in [2.05, 4.69) is 10.6 Å². The Bertz CT molecular complexity index is 935. The number of imide groups is 1. The molecule has 28 heavy (non-hydrogen) atoms. The number of nitrogens with zero attached hydrogens (tertiary/aromatic N) is 1. The van der Waals surface area contributed by atoms with Gasteiger partial charge in [-0.15, -0.1) is 0 Å². The summed E-state index contributed by atoms with van der Waals surface area (Å²) in [6, 6.07) is 11.3. The fraction of sp³-hybridized carbons (Fsp3) is 0.250. The van der Waals surface area contributed by atoms with Gasteiger partial charge in [-0.3, -0.25) is 14.5 Å². The Kier molecular flexibility index (Phi) is 5.38. The number of benzene rings is 2. The third-order valence-corrected chi connectivity index (χ3v) is 5.07. The van der Waals surface area contributed by atoms with Crippen molar-refractivity contribution >= 4 is 29.4 Å². The number of carbonyl (C=O) groups excluding carboxylic acids is 3. The van der Waals surface area contributed by atoms with E-state index in [9.17, 15) is 18.8 Å². The van der Waals surface area contributed by atoms with Crippen LogP contribution in [0.15, 0.2) is 48.5 Å². The molecule has 2 N–H and O–H groups in total. The van der Waals surface area contributed by atoms with Crippen molar-refractivity contribution in [2.24, 2.45) is 0 Å². The quantitative estimate of drug-likeness (QED) is 0.753. The largest absolute Gasteiger partial charge is 0.348 e. The van der Waals surface area contributed by atoms with E-state index >= 15 is 0 Å². The lowest BCUT2D eigenvalue weighted by atomic mass is 9.92. The third kappa shape index (κ3) is 3.71. The number of amides is 4. The van der Waals surface area contributed by atoms with Crippen molar-refractivity contribution in [3.63, 3.8) is 0 Å². The molecule has 1 aliphatic heterocycles. The minimum Gasteiger partial charge on any atom is -0.348 e. The number of halogens is 2. The van der Waals surface area contributed by atoms with Crippen molar-refractivity contribution in [2.45, 2.75) is 25.4 Å². The minimum absolute atomic E-state index is 0.342. The van der Waals surface area contributed by atoms with Gasteiger partial charge >= 0.3 is 6.03 Å². The van der Waals surface area contributed by atoms with E-state index in [1.807, 2.05) is 0 Å². The highest BCUT2D eigenvalue weighted by Gasteiger charge is 2.50. The van der Waals surface area contributed by atoms with E-state index in [0.717, 1.165) is 4.90 Å². The average Bonchev–Trinajstić information content (AvgIpc) is 2.86. The molecule has 4 amide bonds. The van der Waals surface area contributed by atoms with Gasteiger partial charge in [0.05, 0.1) is 6.04 Å². The molecule has 2 aromatic carbocycles. The maximum absolute atomic E-state index is 13.0. The molecule has 0 saturated carbocycles.